The van der Waals surface area contributed by atoms with Gasteiger partial charge in [0.2, 0.25) is 0 Å². The molecule has 1 aliphatic heterocycles. The first kappa shape index (κ1) is 17.3. The van der Waals surface area contributed by atoms with E-state index in [0.29, 0.717) is 24.2 Å². The Hall–Kier alpha value is -1.55. The van der Waals surface area contributed by atoms with E-state index in [2.05, 4.69) is 6.92 Å². The van der Waals surface area contributed by atoms with E-state index in [4.69, 9.17) is 4.74 Å². The fourth-order valence-electron chi connectivity index (χ4n) is 4.34. The molecule has 3 rings (SSSR count). The Morgan fingerprint density at radius 1 is 1.38 bits per heavy atom. The predicted octanol–water partition coefficient (Wildman–Crippen LogP) is 3.72. The van der Waals surface area contributed by atoms with Crippen molar-refractivity contribution in [2.75, 3.05) is 0 Å². The van der Waals surface area contributed by atoms with Crippen molar-refractivity contribution in [2.24, 2.45) is 5.92 Å². The Kier molecular flexibility index (Phi) is 4.60. The summed E-state index contributed by atoms with van der Waals surface area (Å²) in [5.74, 6) is 0.489. The molecular weight excluding hydrogens is 304 g/mol. The minimum absolute atomic E-state index is 0.100. The van der Waals surface area contributed by atoms with Crippen LogP contribution in [0.15, 0.2) is 12.1 Å². The molecule has 2 aliphatic rings. The van der Waals surface area contributed by atoms with Crippen molar-refractivity contribution in [2.45, 2.75) is 76.9 Å². The summed E-state index contributed by atoms with van der Waals surface area (Å²) in [7, 11) is 0. The van der Waals surface area contributed by atoms with Crippen LogP contribution in [0.3, 0.4) is 0 Å². The van der Waals surface area contributed by atoms with Crippen LogP contribution in [0.5, 0.6) is 11.5 Å². The highest BCUT2D eigenvalue weighted by Gasteiger charge is 2.54. The fraction of sp³-hybridized carbons (Fsp3) is 0.650. The molecule has 1 aliphatic carbocycles. The van der Waals surface area contributed by atoms with Crippen LogP contribution in [0.1, 0.15) is 69.9 Å². The number of ketones is 1. The van der Waals surface area contributed by atoms with Crippen LogP contribution in [0.2, 0.25) is 0 Å². The zero-order valence-corrected chi connectivity index (χ0v) is 14.8. The molecular formula is C20H28O4. The molecule has 132 valence electrons. The maximum atomic E-state index is 12.1. The lowest BCUT2D eigenvalue weighted by Gasteiger charge is -2.41. The molecule has 0 aromatic heterocycles. The van der Waals surface area contributed by atoms with E-state index < -0.39 is 11.7 Å². The van der Waals surface area contributed by atoms with Gasteiger partial charge in [0.15, 0.2) is 0 Å². The number of hydrogen-bond acceptors (Lipinski definition) is 4. The predicted molar refractivity (Wildman–Crippen MR) is 92.5 cm³/mol. The lowest BCUT2D eigenvalue weighted by Crippen LogP contribution is -2.51. The van der Waals surface area contributed by atoms with Crippen molar-refractivity contribution in [1.29, 1.82) is 0 Å². The number of ether oxygens (including phenoxy) is 1. The first-order chi connectivity index (χ1) is 11.3. The molecule has 0 amide bonds. The fourth-order valence-corrected chi connectivity index (χ4v) is 4.34. The van der Waals surface area contributed by atoms with E-state index in [-0.39, 0.29) is 23.4 Å². The van der Waals surface area contributed by atoms with Gasteiger partial charge in [0.25, 0.3) is 0 Å². The second kappa shape index (κ2) is 6.40. The number of rotatable bonds is 5. The standard InChI is InChI=1S/C20H28O4/c1-4-5-6-7-13-10-15(22)18-16(11-13)24-19-17(18)14(12(2)21)8-9-20(19,3)23/h10-11,14,17,19,22-23H,4-9H2,1-3H3/t14-,17+,19-,20-/m0/s1. The van der Waals surface area contributed by atoms with E-state index in [1.165, 1.54) is 0 Å². The first-order valence-corrected chi connectivity index (χ1v) is 9.10. The maximum Gasteiger partial charge on any atom is 0.135 e. The molecule has 1 saturated carbocycles. The van der Waals surface area contributed by atoms with Gasteiger partial charge in [-0.3, -0.25) is 4.79 Å². The largest absolute Gasteiger partial charge is 0.508 e. The molecule has 1 heterocycles. The Balaban J connectivity index is 1.96. The Morgan fingerprint density at radius 2 is 2.12 bits per heavy atom. The lowest BCUT2D eigenvalue weighted by molar-refractivity contribution is -0.130. The summed E-state index contributed by atoms with van der Waals surface area (Å²) in [6.45, 7) is 5.53. The number of hydrogen-bond donors (Lipinski definition) is 2. The van der Waals surface area contributed by atoms with E-state index >= 15 is 0 Å². The third-order valence-electron chi connectivity index (χ3n) is 5.69. The number of carbonyl (C=O) groups excluding carboxylic acids is 1. The van der Waals surface area contributed by atoms with E-state index in [1.54, 1.807) is 19.9 Å². The van der Waals surface area contributed by atoms with Crippen LogP contribution in [-0.4, -0.2) is 27.7 Å². The second-order valence-electron chi connectivity index (χ2n) is 7.66. The number of carbonyl (C=O) groups is 1. The van der Waals surface area contributed by atoms with Gasteiger partial charge in [0, 0.05) is 17.4 Å². The second-order valence-corrected chi connectivity index (χ2v) is 7.66. The minimum Gasteiger partial charge on any atom is -0.508 e. The van der Waals surface area contributed by atoms with Crippen molar-refractivity contribution in [1.82, 2.24) is 0 Å². The minimum atomic E-state index is -0.982. The number of aromatic hydroxyl groups is 1. The number of phenolic OH excluding ortho intramolecular Hbond substituents is 1. The van der Waals surface area contributed by atoms with Crippen LogP contribution in [-0.2, 0) is 11.2 Å². The van der Waals surface area contributed by atoms with Crippen LogP contribution < -0.4 is 4.74 Å². The van der Waals surface area contributed by atoms with Crippen molar-refractivity contribution in [3.8, 4) is 11.5 Å². The summed E-state index contributed by atoms with van der Waals surface area (Å²) in [6.07, 6.45) is 4.99. The number of aliphatic hydroxyl groups is 1. The molecule has 0 unspecified atom stereocenters. The molecule has 4 heteroatoms. The average Bonchev–Trinajstić information content (AvgIpc) is 2.88. The molecule has 2 N–H and O–H groups in total. The van der Waals surface area contributed by atoms with Gasteiger partial charge in [0.1, 0.15) is 23.4 Å². The van der Waals surface area contributed by atoms with Crippen LogP contribution in [0.4, 0.5) is 0 Å². The number of fused-ring (bicyclic) bond motifs is 3. The summed E-state index contributed by atoms with van der Waals surface area (Å²) >= 11 is 0. The zero-order chi connectivity index (χ0) is 17.5. The molecule has 1 aromatic rings. The van der Waals surface area contributed by atoms with Crippen molar-refractivity contribution < 1.29 is 19.7 Å². The Labute approximate surface area is 143 Å². The van der Waals surface area contributed by atoms with Gasteiger partial charge in [-0.05, 0) is 57.2 Å². The molecule has 1 fully saturated rings. The highest BCUT2D eigenvalue weighted by atomic mass is 16.5. The molecule has 0 saturated heterocycles. The molecule has 4 nitrogen and oxygen atoms in total. The highest BCUT2D eigenvalue weighted by molar-refractivity contribution is 5.80. The number of unbranched alkanes of at least 4 members (excludes halogenated alkanes) is 2. The third kappa shape index (κ3) is 2.92. The number of phenols is 1. The summed E-state index contributed by atoms with van der Waals surface area (Å²) in [5.41, 5.74) is 0.779. The first-order valence-electron chi connectivity index (χ1n) is 9.10. The normalized spacial score (nSPS) is 31.2. The number of aryl methyl sites for hydroxylation is 1. The van der Waals surface area contributed by atoms with E-state index in [9.17, 15) is 15.0 Å². The SMILES string of the molecule is CCCCCc1cc(O)c2c(c1)O[C@H]1[C@@H]2[C@H](C(C)=O)CC[C@]1(C)O. The lowest BCUT2D eigenvalue weighted by atomic mass is 9.67. The van der Waals surface area contributed by atoms with E-state index in [0.717, 1.165) is 31.2 Å². The van der Waals surface area contributed by atoms with Gasteiger partial charge in [-0.2, -0.15) is 0 Å². The molecule has 4 atom stereocenters. The quantitative estimate of drug-likeness (QED) is 0.807. The number of benzene rings is 1. The van der Waals surface area contributed by atoms with Crippen molar-refractivity contribution in [3.05, 3.63) is 23.3 Å². The van der Waals surface area contributed by atoms with Gasteiger partial charge >= 0.3 is 0 Å². The Morgan fingerprint density at radius 3 is 2.79 bits per heavy atom. The van der Waals surface area contributed by atoms with Gasteiger partial charge in [-0.25, -0.2) is 0 Å². The molecule has 0 bridgehead atoms. The molecule has 0 radical (unpaired) electrons. The topological polar surface area (TPSA) is 66.8 Å². The monoisotopic (exact) mass is 332 g/mol. The average molecular weight is 332 g/mol. The number of Topliss-reactive ketones (excluding diaryl/α,β-unsaturated/α-hetero) is 1. The van der Waals surface area contributed by atoms with Crippen molar-refractivity contribution in [3.63, 3.8) is 0 Å². The van der Waals surface area contributed by atoms with Gasteiger partial charge in [0.05, 0.1) is 5.60 Å². The zero-order valence-electron chi connectivity index (χ0n) is 14.8. The Bertz CT molecular complexity index is 635. The van der Waals surface area contributed by atoms with Crippen LogP contribution in [0.25, 0.3) is 0 Å². The van der Waals surface area contributed by atoms with Crippen molar-refractivity contribution >= 4 is 5.78 Å². The molecule has 1 aromatic carbocycles. The van der Waals surface area contributed by atoms with E-state index in [1.807, 2.05) is 6.07 Å². The summed E-state index contributed by atoms with van der Waals surface area (Å²) in [4.78, 5) is 12.1. The van der Waals surface area contributed by atoms with Gasteiger partial charge in [-0.15, -0.1) is 0 Å². The van der Waals surface area contributed by atoms with Gasteiger partial charge < -0.3 is 14.9 Å². The molecule has 0 spiro atoms. The highest BCUT2D eigenvalue weighted by Crippen LogP contribution is 2.54. The summed E-state index contributed by atoms with van der Waals surface area (Å²) in [6, 6.07) is 3.79. The van der Waals surface area contributed by atoms with Gasteiger partial charge in [-0.1, -0.05) is 19.8 Å². The molecule has 24 heavy (non-hydrogen) atoms. The third-order valence-corrected chi connectivity index (χ3v) is 5.69. The smallest absolute Gasteiger partial charge is 0.135 e. The summed E-state index contributed by atoms with van der Waals surface area (Å²) in [5, 5.41) is 21.3. The van der Waals surface area contributed by atoms with Crippen LogP contribution >= 0.6 is 0 Å². The van der Waals surface area contributed by atoms with Crippen LogP contribution in [0, 0.1) is 5.92 Å². The maximum absolute atomic E-state index is 12.1. The summed E-state index contributed by atoms with van der Waals surface area (Å²) < 4.78 is 6.07.